The van der Waals surface area contributed by atoms with E-state index < -0.39 is 0 Å². The standard InChI is InChI=1S/C16H27ClN2O/c1-4-5-20-16-7-12(3)15(17)8-13(16)6-11(2)14(9-18)10-19/h7-8,11,14H,4-6,9-10,18-19H2,1-3H3. The van der Waals surface area contributed by atoms with Crippen LogP contribution in [0.4, 0.5) is 0 Å². The molecule has 0 heterocycles. The molecule has 3 nitrogen and oxygen atoms in total. The molecule has 0 aliphatic carbocycles. The summed E-state index contributed by atoms with van der Waals surface area (Å²) >= 11 is 6.25. The van der Waals surface area contributed by atoms with E-state index >= 15 is 0 Å². The summed E-state index contributed by atoms with van der Waals surface area (Å²) in [4.78, 5) is 0. The lowest BCUT2D eigenvalue weighted by molar-refractivity contribution is 0.307. The Labute approximate surface area is 127 Å². The van der Waals surface area contributed by atoms with Crippen LogP contribution in [0.2, 0.25) is 5.02 Å². The third kappa shape index (κ3) is 4.65. The Hall–Kier alpha value is -0.770. The van der Waals surface area contributed by atoms with Crippen molar-refractivity contribution in [2.75, 3.05) is 19.7 Å². The maximum atomic E-state index is 6.25. The third-order valence-electron chi connectivity index (χ3n) is 3.76. The van der Waals surface area contributed by atoms with E-state index in [0.717, 1.165) is 41.3 Å². The first-order valence-corrected chi connectivity index (χ1v) is 7.73. The minimum absolute atomic E-state index is 0.328. The van der Waals surface area contributed by atoms with Crippen molar-refractivity contribution in [3.8, 4) is 5.75 Å². The number of rotatable bonds is 8. The Kier molecular flexibility index (Phi) is 7.35. The number of hydrogen-bond donors (Lipinski definition) is 2. The highest BCUT2D eigenvalue weighted by Gasteiger charge is 2.17. The minimum atomic E-state index is 0.328. The first-order chi connectivity index (χ1) is 9.53. The summed E-state index contributed by atoms with van der Waals surface area (Å²) < 4.78 is 5.85. The van der Waals surface area contributed by atoms with Crippen molar-refractivity contribution in [1.29, 1.82) is 0 Å². The largest absolute Gasteiger partial charge is 0.493 e. The molecule has 1 rings (SSSR count). The SMILES string of the molecule is CCCOc1cc(C)c(Cl)cc1CC(C)C(CN)CN. The number of halogens is 1. The Morgan fingerprint density at radius 2 is 1.90 bits per heavy atom. The van der Waals surface area contributed by atoms with Crippen LogP contribution in [0.15, 0.2) is 12.1 Å². The monoisotopic (exact) mass is 298 g/mol. The van der Waals surface area contributed by atoms with Crippen molar-refractivity contribution in [2.45, 2.75) is 33.6 Å². The van der Waals surface area contributed by atoms with Crippen molar-refractivity contribution in [3.05, 3.63) is 28.3 Å². The zero-order valence-electron chi connectivity index (χ0n) is 12.8. The van der Waals surface area contributed by atoms with Gasteiger partial charge in [-0.2, -0.15) is 0 Å². The quantitative estimate of drug-likeness (QED) is 0.775. The first kappa shape index (κ1) is 17.3. The number of ether oxygens (including phenoxy) is 1. The van der Waals surface area contributed by atoms with Crippen molar-refractivity contribution >= 4 is 11.6 Å². The predicted molar refractivity (Wildman–Crippen MR) is 86.4 cm³/mol. The molecule has 0 aromatic heterocycles. The average Bonchev–Trinajstić information content (AvgIpc) is 2.42. The van der Waals surface area contributed by atoms with E-state index in [1.165, 1.54) is 0 Å². The molecule has 1 unspecified atom stereocenters. The smallest absolute Gasteiger partial charge is 0.122 e. The fourth-order valence-electron chi connectivity index (χ4n) is 2.28. The summed E-state index contributed by atoms with van der Waals surface area (Å²) in [6.45, 7) is 8.23. The molecule has 0 saturated heterocycles. The van der Waals surface area contributed by atoms with Gasteiger partial charge in [0.05, 0.1) is 6.61 Å². The average molecular weight is 299 g/mol. The molecular weight excluding hydrogens is 272 g/mol. The molecule has 0 bridgehead atoms. The van der Waals surface area contributed by atoms with Crippen molar-refractivity contribution in [1.82, 2.24) is 0 Å². The summed E-state index contributed by atoms with van der Waals surface area (Å²) in [6.07, 6.45) is 1.88. The number of nitrogens with two attached hydrogens (primary N) is 2. The molecule has 4 heteroatoms. The van der Waals surface area contributed by atoms with Gasteiger partial charge in [0, 0.05) is 5.02 Å². The van der Waals surface area contributed by atoms with Crippen LogP contribution in [0, 0.1) is 18.8 Å². The van der Waals surface area contributed by atoms with E-state index in [0.29, 0.717) is 24.9 Å². The lowest BCUT2D eigenvalue weighted by Crippen LogP contribution is -2.30. The first-order valence-electron chi connectivity index (χ1n) is 7.35. The van der Waals surface area contributed by atoms with Gasteiger partial charge in [-0.1, -0.05) is 25.4 Å². The molecule has 0 fully saturated rings. The van der Waals surface area contributed by atoms with Crippen LogP contribution in [-0.2, 0) is 6.42 Å². The van der Waals surface area contributed by atoms with Crippen LogP contribution in [-0.4, -0.2) is 19.7 Å². The van der Waals surface area contributed by atoms with Crippen molar-refractivity contribution < 1.29 is 4.74 Å². The third-order valence-corrected chi connectivity index (χ3v) is 4.16. The van der Waals surface area contributed by atoms with Gasteiger partial charge in [-0.15, -0.1) is 0 Å². The van der Waals surface area contributed by atoms with Crippen LogP contribution < -0.4 is 16.2 Å². The van der Waals surface area contributed by atoms with Gasteiger partial charge in [-0.3, -0.25) is 0 Å². The fourth-order valence-corrected chi connectivity index (χ4v) is 2.46. The Bertz CT molecular complexity index is 419. The van der Waals surface area contributed by atoms with E-state index in [4.69, 9.17) is 27.8 Å². The molecule has 1 aromatic carbocycles. The lowest BCUT2D eigenvalue weighted by atomic mass is 9.88. The topological polar surface area (TPSA) is 61.3 Å². The van der Waals surface area contributed by atoms with Gasteiger partial charge in [-0.05, 0) is 68.0 Å². The Balaban J connectivity index is 2.93. The molecule has 4 N–H and O–H groups in total. The van der Waals surface area contributed by atoms with Crippen molar-refractivity contribution in [3.63, 3.8) is 0 Å². The van der Waals surface area contributed by atoms with Crippen molar-refractivity contribution in [2.24, 2.45) is 23.3 Å². The van der Waals surface area contributed by atoms with Gasteiger partial charge in [0.2, 0.25) is 0 Å². The number of benzene rings is 1. The van der Waals surface area contributed by atoms with Crippen LogP contribution in [0.1, 0.15) is 31.4 Å². The summed E-state index contributed by atoms with van der Waals surface area (Å²) in [7, 11) is 0. The molecule has 0 spiro atoms. The Morgan fingerprint density at radius 3 is 2.45 bits per heavy atom. The van der Waals surface area contributed by atoms with Gasteiger partial charge in [0.25, 0.3) is 0 Å². The molecule has 0 aliphatic heterocycles. The van der Waals surface area contributed by atoms with Gasteiger partial charge < -0.3 is 16.2 Å². The zero-order chi connectivity index (χ0) is 15.1. The van der Waals surface area contributed by atoms with E-state index in [1.807, 2.05) is 19.1 Å². The highest BCUT2D eigenvalue weighted by molar-refractivity contribution is 6.31. The van der Waals surface area contributed by atoms with Crippen LogP contribution in [0.5, 0.6) is 5.75 Å². The van der Waals surface area contributed by atoms with E-state index in [1.54, 1.807) is 0 Å². The lowest BCUT2D eigenvalue weighted by Gasteiger charge is -2.22. The maximum absolute atomic E-state index is 6.25. The van der Waals surface area contributed by atoms with E-state index in [2.05, 4.69) is 13.8 Å². The van der Waals surface area contributed by atoms with Gasteiger partial charge in [-0.25, -0.2) is 0 Å². The molecule has 114 valence electrons. The summed E-state index contributed by atoms with van der Waals surface area (Å²) in [6, 6.07) is 4.04. The fraction of sp³-hybridized carbons (Fsp3) is 0.625. The molecule has 0 aliphatic rings. The second-order valence-corrected chi connectivity index (χ2v) is 5.88. The van der Waals surface area contributed by atoms with E-state index in [-0.39, 0.29) is 0 Å². The maximum Gasteiger partial charge on any atom is 0.122 e. The highest BCUT2D eigenvalue weighted by atomic mass is 35.5. The zero-order valence-corrected chi connectivity index (χ0v) is 13.5. The molecule has 0 saturated carbocycles. The van der Waals surface area contributed by atoms with Gasteiger partial charge in [0.1, 0.15) is 5.75 Å². The summed E-state index contributed by atoms with van der Waals surface area (Å²) in [5.74, 6) is 1.68. The van der Waals surface area contributed by atoms with Crippen LogP contribution >= 0.6 is 11.6 Å². The number of aryl methyl sites for hydroxylation is 1. The van der Waals surface area contributed by atoms with Gasteiger partial charge in [0.15, 0.2) is 0 Å². The molecule has 0 amide bonds. The van der Waals surface area contributed by atoms with E-state index in [9.17, 15) is 0 Å². The predicted octanol–water partition coefficient (Wildman–Crippen LogP) is 3.15. The second-order valence-electron chi connectivity index (χ2n) is 5.47. The Morgan fingerprint density at radius 1 is 1.25 bits per heavy atom. The molecular formula is C16H27ClN2O. The molecule has 20 heavy (non-hydrogen) atoms. The summed E-state index contributed by atoms with van der Waals surface area (Å²) in [5, 5.41) is 0.785. The molecule has 0 radical (unpaired) electrons. The van der Waals surface area contributed by atoms with Gasteiger partial charge >= 0.3 is 0 Å². The minimum Gasteiger partial charge on any atom is -0.493 e. The second kappa shape index (κ2) is 8.50. The number of hydrogen-bond acceptors (Lipinski definition) is 3. The summed E-state index contributed by atoms with van der Waals surface area (Å²) in [5.41, 5.74) is 13.7. The van der Waals surface area contributed by atoms with Crippen LogP contribution in [0.3, 0.4) is 0 Å². The highest BCUT2D eigenvalue weighted by Crippen LogP contribution is 2.30. The molecule has 1 aromatic rings. The van der Waals surface area contributed by atoms with Crippen LogP contribution in [0.25, 0.3) is 0 Å². The molecule has 1 atom stereocenters. The normalized spacial score (nSPS) is 12.8.